The maximum absolute atomic E-state index is 2.88. The lowest BCUT2D eigenvalue weighted by Crippen LogP contribution is -2.11. The lowest BCUT2D eigenvalue weighted by molar-refractivity contribution is 0.365. The highest BCUT2D eigenvalue weighted by Crippen LogP contribution is 2.30. The highest BCUT2D eigenvalue weighted by atomic mass is 14.2. The molecule has 187 valence electrons. The Bertz CT molecular complexity index is 307. The van der Waals surface area contributed by atoms with Crippen molar-refractivity contribution in [3.05, 3.63) is 6.42 Å². The van der Waals surface area contributed by atoms with E-state index in [2.05, 4.69) is 34.1 Å². The van der Waals surface area contributed by atoms with Gasteiger partial charge >= 0.3 is 0 Å². The summed E-state index contributed by atoms with van der Waals surface area (Å²) in [5, 5.41) is 0. The molecule has 0 saturated heterocycles. The van der Waals surface area contributed by atoms with E-state index in [1.807, 2.05) is 0 Å². The van der Waals surface area contributed by atoms with E-state index in [4.69, 9.17) is 0 Å². The van der Waals surface area contributed by atoms with Crippen molar-refractivity contribution >= 4 is 0 Å². The molecule has 2 atom stereocenters. The molecule has 0 N–H and O–H groups in total. The molecule has 31 heavy (non-hydrogen) atoms. The van der Waals surface area contributed by atoms with Gasteiger partial charge in [0.25, 0.3) is 0 Å². The van der Waals surface area contributed by atoms with Crippen molar-refractivity contribution in [3.63, 3.8) is 0 Å². The Hall–Kier alpha value is 0. The fourth-order valence-corrected chi connectivity index (χ4v) is 5.10. The van der Waals surface area contributed by atoms with Crippen molar-refractivity contribution in [2.45, 2.75) is 182 Å². The van der Waals surface area contributed by atoms with E-state index in [9.17, 15) is 0 Å². The largest absolute Gasteiger partial charge is 0.0654 e. The van der Waals surface area contributed by atoms with E-state index in [0.29, 0.717) is 0 Å². The van der Waals surface area contributed by atoms with E-state index >= 15 is 0 Å². The van der Waals surface area contributed by atoms with Gasteiger partial charge in [0, 0.05) is 0 Å². The summed E-state index contributed by atoms with van der Waals surface area (Å²) in [7, 11) is 0. The molecular weight excluding hydrogens is 372 g/mol. The predicted octanol–water partition coefficient (Wildman–Crippen LogP) is 11.9. The zero-order valence-electron chi connectivity index (χ0n) is 22.7. The molecule has 0 rings (SSSR count). The molecule has 0 amide bonds. The third kappa shape index (κ3) is 23.0. The molecule has 0 aromatic carbocycles. The van der Waals surface area contributed by atoms with Gasteiger partial charge in [0.15, 0.2) is 0 Å². The van der Waals surface area contributed by atoms with Crippen LogP contribution in [0.5, 0.6) is 0 Å². The van der Waals surface area contributed by atoms with E-state index < -0.39 is 0 Å². The molecule has 0 fully saturated rings. The van der Waals surface area contributed by atoms with Crippen LogP contribution in [0.2, 0.25) is 0 Å². The lowest BCUT2D eigenvalue weighted by atomic mass is 9.82. The molecule has 2 unspecified atom stereocenters. The predicted molar refractivity (Wildman–Crippen MR) is 145 cm³/mol. The average molecular weight is 436 g/mol. The van der Waals surface area contributed by atoms with Crippen LogP contribution in [-0.4, -0.2) is 0 Å². The smallest absolute Gasteiger partial charge is 0.0324 e. The molecule has 0 nitrogen and oxygen atoms in total. The topological polar surface area (TPSA) is 0 Å². The Morgan fingerprint density at radius 1 is 0.323 bits per heavy atom. The SMILES string of the molecule is CCCCCCCCC([CH]C(CCCCCCC)CCCCCCCC)CCCCC. The highest BCUT2D eigenvalue weighted by molar-refractivity contribution is 4.84. The first-order chi connectivity index (χ1) is 15.3. The molecular formula is C31H63. The van der Waals surface area contributed by atoms with Crippen LogP contribution in [0.4, 0.5) is 0 Å². The van der Waals surface area contributed by atoms with Gasteiger partial charge in [-0.15, -0.1) is 0 Å². The first-order valence-electron chi connectivity index (χ1n) is 15.1. The van der Waals surface area contributed by atoms with E-state index in [1.54, 1.807) is 0 Å². The molecule has 0 heterocycles. The number of hydrogen-bond acceptors (Lipinski definition) is 0. The van der Waals surface area contributed by atoms with Crippen molar-refractivity contribution in [3.8, 4) is 0 Å². The summed E-state index contributed by atoms with van der Waals surface area (Å²) in [4.78, 5) is 0. The summed E-state index contributed by atoms with van der Waals surface area (Å²) in [6.45, 7) is 9.33. The van der Waals surface area contributed by atoms with Gasteiger partial charge in [-0.1, -0.05) is 182 Å². The Morgan fingerprint density at radius 2 is 0.548 bits per heavy atom. The summed E-state index contributed by atoms with van der Waals surface area (Å²) in [5.41, 5.74) is 0. The van der Waals surface area contributed by atoms with Crippen LogP contribution in [0, 0.1) is 18.3 Å². The third-order valence-corrected chi connectivity index (χ3v) is 7.26. The van der Waals surface area contributed by atoms with Crippen LogP contribution in [0.25, 0.3) is 0 Å². The van der Waals surface area contributed by atoms with Gasteiger partial charge in [-0.2, -0.15) is 0 Å². The van der Waals surface area contributed by atoms with Crippen molar-refractivity contribution in [2.24, 2.45) is 11.8 Å². The minimum Gasteiger partial charge on any atom is -0.0654 e. The van der Waals surface area contributed by atoms with Crippen LogP contribution in [0.1, 0.15) is 182 Å². The molecule has 0 aliphatic heterocycles. The van der Waals surface area contributed by atoms with Crippen LogP contribution >= 0.6 is 0 Å². The van der Waals surface area contributed by atoms with Crippen LogP contribution in [-0.2, 0) is 0 Å². The van der Waals surface area contributed by atoms with Gasteiger partial charge in [-0.25, -0.2) is 0 Å². The standard InChI is InChI=1S/C31H63/c1-5-9-13-16-19-23-27-30(25-21-12-8-4)29-31(26-22-18-15-11-7-3)28-24-20-17-14-10-6-2/h29-31H,5-28H2,1-4H3. The Morgan fingerprint density at radius 3 is 0.871 bits per heavy atom. The summed E-state index contributed by atoms with van der Waals surface area (Å²) >= 11 is 0. The quantitative estimate of drug-likeness (QED) is 0.118. The van der Waals surface area contributed by atoms with Gasteiger partial charge in [-0.3, -0.25) is 0 Å². The van der Waals surface area contributed by atoms with Gasteiger partial charge in [0.1, 0.15) is 0 Å². The van der Waals surface area contributed by atoms with Crippen LogP contribution in [0.15, 0.2) is 0 Å². The second-order valence-electron chi connectivity index (χ2n) is 10.5. The van der Waals surface area contributed by atoms with E-state index in [-0.39, 0.29) is 0 Å². The number of unbranched alkanes of at least 4 members (excludes halogenated alkanes) is 16. The maximum atomic E-state index is 2.88. The van der Waals surface area contributed by atoms with E-state index in [0.717, 1.165) is 11.8 Å². The first kappa shape index (κ1) is 31.0. The van der Waals surface area contributed by atoms with Gasteiger partial charge in [-0.05, 0) is 18.3 Å². The van der Waals surface area contributed by atoms with Crippen molar-refractivity contribution in [1.29, 1.82) is 0 Å². The Balaban J connectivity index is 4.44. The second kappa shape index (κ2) is 26.3. The third-order valence-electron chi connectivity index (χ3n) is 7.26. The van der Waals surface area contributed by atoms with Gasteiger partial charge in [0.2, 0.25) is 0 Å². The summed E-state index contributed by atoms with van der Waals surface area (Å²) in [6.07, 6.45) is 37.5. The number of rotatable bonds is 26. The highest BCUT2D eigenvalue weighted by Gasteiger charge is 2.17. The van der Waals surface area contributed by atoms with Crippen molar-refractivity contribution in [1.82, 2.24) is 0 Å². The normalized spacial score (nSPS) is 13.5. The monoisotopic (exact) mass is 435 g/mol. The lowest BCUT2D eigenvalue weighted by Gasteiger charge is -2.24. The summed E-state index contributed by atoms with van der Waals surface area (Å²) in [5.74, 6) is 1.80. The minimum atomic E-state index is 0.901. The molecule has 0 bridgehead atoms. The fraction of sp³-hybridized carbons (Fsp3) is 0.968. The Labute approximate surface area is 200 Å². The van der Waals surface area contributed by atoms with Gasteiger partial charge < -0.3 is 0 Å². The van der Waals surface area contributed by atoms with Gasteiger partial charge in [0.05, 0.1) is 0 Å². The zero-order chi connectivity index (χ0) is 22.8. The zero-order valence-corrected chi connectivity index (χ0v) is 22.7. The fourth-order valence-electron chi connectivity index (χ4n) is 5.10. The molecule has 0 aliphatic rings. The van der Waals surface area contributed by atoms with Crippen molar-refractivity contribution in [2.75, 3.05) is 0 Å². The van der Waals surface area contributed by atoms with Crippen LogP contribution < -0.4 is 0 Å². The first-order valence-corrected chi connectivity index (χ1v) is 15.1. The van der Waals surface area contributed by atoms with Crippen molar-refractivity contribution < 1.29 is 0 Å². The molecule has 0 aromatic rings. The molecule has 0 saturated carbocycles. The maximum Gasteiger partial charge on any atom is -0.0324 e. The summed E-state index contributed by atoms with van der Waals surface area (Å²) in [6, 6.07) is 0. The van der Waals surface area contributed by atoms with E-state index in [1.165, 1.54) is 154 Å². The summed E-state index contributed by atoms with van der Waals surface area (Å²) < 4.78 is 0. The molecule has 0 spiro atoms. The Kier molecular flexibility index (Phi) is 26.3. The molecule has 1 radical (unpaired) electrons. The molecule has 0 aromatic heterocycles. The minimum absolute atomic E-state index is 0.901. The van der Waals surface area contributed by atoms with Crippen LogP contribution in [0.3, 0.4) is 0 Å². The molecule has 0 heteroatoms. The number of hydrogen-bond donors (Lipinski definition) is 0. The molecule has 0 aliphatic carbocycles. The second-order valence-corrected chi connectivity index (χ2v) is 10.5. The average Bonchev–Trinajstić information content (AvgIpc) is 2.77.